The van der Waals surface area contributed by atoms with Crippen molar-refractivity contribution in [2.24, 2.45) is 0 Å². The van der Waals surface area contributed by atoms with Gasteiger partial charge < -0.3 is 9.64 Å². The zero-order valence-electron chi connectivity index (χ0n) is 35.3. The molecule has 2 spiro atoms. The lowest BCUT2D eigenvalue weighted by Gasteiger charge is -2.40. The summed E-state index contributed by atoms with van der Waals surface area (Å²) in [5.74, 6) is 1.78. The van der Waals surface area contributed by atoms with Crippen LogP contribution in [0.15, 0.2) is 246 Å². The van der Waals surface area contributed by atoms with E-state index >= 15 is 0 Å². The van der Waals surface area contributed by atoms with E-state index in [1.165, 1.54) is 76.6 Å². The van der Waals surface area contributed by atoms with E-state index in [2.05, 4.69) is 241 Å². The monoisotopic (exact) mass is 845 g/mol. The van der Waals surface area contributed by atoms with Gasteiger partial charge in [0.2, 0.25) is 0 Å². The molecule has 0 radical (unpaired) electrons. The summed E-state index contributed by atoms with van der Waals surface area (Å²) in [6.45, 7) is 0. The number of rotatable bonds is 4. The van der Waals surface area contributed by atoms with E-state index in [0.29, 0.717) is 0 Å². The summed E-state index contributed by atoms with van der Waals surface area (Å²) >= 11 is 1.88. The second-order valence-electron chi connectivity index (χ2n) is 17.4. The molecule has 10 aromatic rings. The molecule has 0 amide bonds. The SMILES string of the molecule is c1ccc(-c2cccc(N(c3cccc4c3-c3ccccc3C43c4ccccc4Oc4ccccc43)c3cccc4c3-c3ccccc3C43c4ccccc4Sc4ccccc43)c2)cc1. The van der Waals surface area contributed by atoms with Gasteiger partial charge in [-0.15, -0.1) is 0 Å². The molecular formula is C62H39NOS. The first-order chi connectivity index (χ1) is 32.3. The van der Waals surface area contributed by atoms with Crippen molar-refractivity contribution in [2.75, 3.05) is 4.90 Å². The van der Waals surface area contributed by atoms with Crippen LogP contribution >= 0.6 is 11.8 Å². The predicted octanol–water partition coefficient (Wildman–Crippen LogP) is 16.1. The topological polar surface area (TPSA) is 12.5 Å². The van der Waals surface area contributed by atoms with E-state index in [1.54, 1.807) is 0 Å². The van der Waals surface area contributed by atoms with Crippen LogP contribution in [-0.2, 0) is 10.8 Å². The van der Waals surface area contributed by atoms with Crippen molar-refractivity contribution in [3.8, 4) is 44.9 Å². The lowest BCUT2D eigenvalue weighted by molar-refractivity contribution is 0.436. The van der Waals surface area contributed by atoms with Crippen LogP contribution in [-0.4, -0.2) is 0 Å². The first-order valence-electron chi connectivity index (χ1n) is 22.4. The molecule has 10 aromatic carbocycles. The number of ether oxygens (including phenoxy) is 1. The molecule has 2 aliphatic heterocycles. The second-order valence-corrected chi connectivity index (χ2v) is 18.5. The van der Waals surface area contributed by atoms with Crippen molar-refractivity contribution in [3.05, 3.63) is 281 Å². The molecule has 0 saturated carbocycles. The Balaban J connectivity index is 1.11. The Morgan fingerprint density at radius 2 is 0.738 bits per heavy atom. The van der Waals surface area contributed by atoms with Gasteiger partial charge in [-0.25, -0.2) is 0 Å². The maximum absolute atomic E-state index is 6.74. The fourth-order valence-corrected chi connectivity index (χ4v) is 13.2. The Hall–Kier alpha value is -7.85. The zero-order valence-corrected chi connectivity index (χ0v) is 36.1. The van der Waals surface area contributed by atoms with Crippen LogP contribution in [0.5, 0.6) is 11.5 Å². The lowest BCUT2D eigenvalue weighted by atomic mass is 9.66. The highest BCUT2D eigenvalue weighted by atomic mass is 32.2. The molecule has 0 fully saturated rings. The van der Waals surface area contributed by atoms with Gasteiger partial charge in [0.25, 0.3) is 0 Å². The van der Waals surface area contributed by atoms with Gasteiger partial charge >= 0.3 is 0 Å². The van der Waals surface area contributed by atoms with Gasteiger partial charge in [-0.3, -0.25) is 0 Å². The van der Waals surface area contributed by atoms with Crippen LogP contribution in [0.25, 0.3) is 33.4 Å². The molecule has 0 N–H and O–H groups in total. The van der Waals surface area contributed by atoms with Crippen LogP contribution in [0.3, 0.4) is 0 Å². The highest BCUT2D eigenvalue weighted by molar-refractivity contribution is 7.99. The van der Waals surface area contributed by atoms with E-state index < -0.39 is 10.8 Å². The smallest absolute Gasteiger partial charge is 0.132 e. The standard InChI is InChI=1S/C62H39NOS/c1-2-19-40(20-3-1)41-21-16-22-42(39-41)63(53-33-17-31-51-59(53)43-23-4-6-25-45(43)61(51)47-27-8-12-35-55(47)64-56-36-13-9-28-48(56)61)54-34-18-32-52-60(54)44-24-5-7-26-46(44)62(52)49-29-10-14-37-57(49)65-58-38-15-11-30-50(58)62/h1-39H. The molecule has 0 atom stereocenters. The van der Waals surface area contributed by atoms with E-state index in [9.17, 15) is 0 Å². The van der Waals surface area contributed by atoms with Crippen LogP contribution in [0.1, 0.15) is 44.5 Å². The Morgan fingerprint density at radius 1 is 0.323 bits per heavy atom. The third-order valence-corrected chi connectivity index (χ3v) is 15.5. The first kappa shape index (κ1) is 36.6. The summed E-state index contributed by atoms with van der Waals surface area (Å²) in [6.07, 6.45) is 0. The molecule has 2 aliphatic carbocycles. The first-order valence-corrected chi connectivity index (χ1v) is 23.2. The van der Waals surface area contributed by atoms with Crippen molar-refractivity contribution < 1.29 is 4.74 Å². The van der Waals surface area contributed by atoms with E-state index in [-0.39, 0.29) is 0 Å². The van der Waals surface area contributed by atoms with Crippen molar-refractivity contribution in [1.82, 2.24) is 0 Å². The second kappa shape index (κ2) is 13.8. The molecule has 2 heterocycles. The van der Waals surface area contributed by atoms with Crippen molar-refractivity contribution in [3.63, 3.8) is 0 Å². The molecule has 14 rings (SSSR count). The largest absolute Gasteiger partial charge is 0.457 e. The molecule has 0 bridgehead atoms. The van der Waals surface area contributed by atoms with E-state index in [0.717, 1.165) is 39.7 Å². The normalized spacial score (nSPS) is 14.5. The number of benzene rings is 10. The lowest BCUT2D eigenvalue weighted by Crippen LogP contribution is -2.32. The van der Waals surface area contributed by atoms with Gasteiger partial charge in [-0.1, -0.05) is 200 Å². The molecule has 65 heavy (non-hydrogen) atoms. The molecular weight excluding hydrogens is 807 g/mol. The Kier molecular flexibility index (Phi) is 7.79. The summed E-state index contributed by atoms with van der Waals surface area (Å²) in [5.41, 5.74) is 19.7. The minimum Gasteiger partial charge on any atom is -0.457 e. The molecule has 0 saturated heterocycles. The summed E-state index contributed by atoms with van der Waals surface area (Å²) in [7, 11) is 0. The minimum absolute atomic E-state index is 0.511. The minimum atomic E-state index is -0.604. The molecule has 3 heteroatoms. The van der Waals surface area contributed by atoms with Gasteiger partial charge in [0.15, 0.2) is 0 Å². The predicted molar refractivity (Wildman–Crippen MR) is 265 cm³/mol. The summed E-state index contributed by atoms with van der Waals surface area (Å²) in [5, 5.41) is 0. The molecule has 0 unspecified atom stereocenters. The van der Waals surface area contributed by atoms with Gasteiger partial charge in [0.05, 0.1) is 22.2 Å². The van der Waals surface area contributed by atoms with Gasteiger partial charge in [0, 0.05) is 37.7 Å². The summed E-state index contributed by atoms with van der Waals surface area (Å²) in [4.78, 5) is 5.17. The van der Waals surface area contributed by atoms with Crippen LogP contribution in [0.4, 0.5) is 17.1 Å². The van der Waals surface area contributed by atoms with Crippen molar-refractivity contribution in [2.45, 2.75) is 20.6 Å². The van der Waals surface area contributed by atoms with Gasteiger partial charge in [-0.05, 0) is 104 Å². The number of nitrogens with zero attached hydrogens (tertiary/aromatic N) is 1. The third kappa shape index (κ3) is 4.86. The Morgan fingerprint density at radius 3 is 1.31 bits per heavy atom. The highest BCUT2D eigenvalue weighted by Crippen LogP contribution is 2.67. The Bertz CT molecular complexity index is 3300. The van der Waals surface area contributed by atoms with Gasteiger partial charge in [-0.2, -0.15) is 0 Å². The highest BCUT2D eigenvalue weighted by Gasteiger charge is 2.53. The zero-order chi connectivity index (χ0) is 42.7. The van der Waals surface area contributed by atoms with Crippen LogP contribution in [0, 0.1) is 0 Å². The Labute approximate surface area is 383 Å². The maximum Gasteiger partial charge on any atom is 0.132 e. The van der Waals surface area contributed by atoms with E-state index in [4.69, 9.17) is 4.74 Å². The summed E-state index contributed by atoms with van der Waals surface area (Å²) in [6, 6.07) is 87.6. The van der Waals surface area contributed by atoms with Crippen LogP contribution < -0.4 is 9.64 Å². The van der Waals surface area contributed by atoms with Crippen LogP contribution in [0.2, 0.25) is 0 Å². The molecule has 2 nitrogen and oxygen atoms in total. The number of hydrogen-bond acceptors (Lipinski definition) is 3. The maximum atomic E-state index is 6.74. The molecule has 4 aliphatic rings. The molecule has 0 aromatic heterocycles. The number of fused-ring (bicyclic) bond motifs is 18. The fourth-order valence-electron chi connectivity index (χ4n) is 12.0. The quantitative estimate of drug-likeness (QED) is 0.175. The molecule has 304 valence electrons. The fraction of sp³-hybridized carbons (Fsp3) is 0.0323. The van der Waals surface area contributed by atoms with Gasteiger partial charge in [0.1, 0.15) is 11.5 Å². The number of hydrogen-bond donors (Lipinski definition) is 0. The number of para-hydroxylation sites is 2. The van der Waals surface area contributed by atoms with Crippen molar-refractivity contribution >= 4 is 28.8 Å². The third-order valence-electron chi connectivity index (χ3n) is 14.4. The average molecular weight is 846 g/mol. The van der Waals surface area contributed by atoms with E-state index in [1.807, 2.05) is 11.8 Å². The number of anilines is 3. The van der Waals surface area contributed by atoms with Crippen molar-refractivity contribution in [1.29, 1.82) is 0 Å². The average Bonchev–Trinajstić information content (AvgIpc) is 3.84. The summed E-state index contributed by atoms with van der Waals surface area (Å²) < 4.78 is 6.74.